The Morgan fingerprint density at radius 1 is 0.970 bits per heavy atom. The molecule has 0 spiro atoms. The number of para-hydroxylation sites is 1. The topological polar surface area (TPSA) is 114 Å². The number of hydrogen-bond donors (Lipinski definition) is 1. The van der Waals surface area contributed by atoms with Gasteiger partial charge < -0.3 is 5.11 Å². The summed E-state index contributed by atoms with van der Waals surface area (Å²) in [5.41, 5.74) is 1.27. The fourth-order valence-corrected chi connectivity index (χ4v) is 4.83. The number of carbonyl (C=O) groups excluding carboxylic acids is 2. The zero-order valence-electron chi connectivity index (χ0n) is 16.9. The number of nitrogens with zero attached hydrogens (tertiary/aromatic N) is 3. The molecular formula is C24H15N3O5S. The summed E-state index contributed by atoms with van der Waals surface area (Å²) in [6.07, 6.45) is 0. The van der Waals surface area contributed by atoms with E-state index in [2.05, 4.69) is 4.98 Å². The first-order chi connectivity index (χ1) is 16.0. The van der Waals surface area contributed by atoms with Crippen molar-refractivity contribution in [3.63, 3.8) is 0 Å². The van der Waals surface area contributed by atoms with Crippen LogP contribution in [0, 0.1) is 10.1 Å². The van der Waals surface area contributed by atoms with Crippen LogP contribution in [-0.4, -0.2) is 26.7 Å². The van der Waals surface area contributed by atoms with Gasteiger partial charge in [-0.2, -0.15) is 0 Å². The van der Waals surface area contributed by atoms with Gasteiger partial charge in [0.25, 0.3) is 11.5 Å². The first-order valence-electron chi connectivity index (χ1n) is 9.92. The van der Waals surface area contributed by atoms with Gasteiger partial charge >= 0.3 is 5.91 Å². The van der Waals surface area contributed by atoms with Crippen LogP contribution in [0.5, 0.6) is 0 Å². The molecular weight excluding hydrogens is 442 g/mol. The van der Waals surface area contributed by atoms with Gasteiger partial charge in [-0.25, -0.2) is 4.98 Å². The molecule has 1 N–H and O–H groups in total. The number of nitro benzene ring substituents is 1. The van der Waals surface area contributed by atoms with Crippen molar-refractivity contribution in [3.05, 3.63) is 106 Å². The monoisotopic (exact) mass is 457 g/mol. The lowest BCUT2D eigenvalue weighted by molar-refractivity contribution is -0.384. The first kappa shape index (κ1) is 20.5. The molecule has 5 rings (SSSR count). The fourth-order valence-electron chi connectivity index (χ4n) is 3.84. The van der Waals surface area contributed by atoms with E-state index in [0.717, 1.165) is 4.70 Å². The van der Waals surface area contributed by atoms with E-state index in [9.17, 15) is 24.8 Å². The molecule has 1 aromatic heterocycles. The maximum atomic E-state index is 13.2. The van der Waals surface area contributed by atoms with E-state index in [1.807, 2.05) is 18.2 Å². The summed E-state index contributed by atoms with van der Waals surface area (Å²) in [4.78, 5) is 42.7. The minimum absolute atomic E-state index is 0.0979. The lowest BCUT2D eigenvalue weighted by Crippen LogP contribution is -2.29. The molecule has 1 fully saturated rings. The maximum Gasteiger partial charge on any atom is 0.301 e. The Morgan fingerprint density at radius 3 is 2.30 bits per heavy atom. The highest BCUT2D eigenvalue weighted by Gasteiger charge is 2.48. The number of aliphatic hydroxyl groups excluding tert-OH is 1. The van der Waals surface area contributed by atoms with Gasteiger partial charge in [0, 0.05) is 17.7 Å². The van der Waals surface area contributed by atoms with Gasteiger partial charge in [-0.3, -0.25) is 24.6 Å². The summed E-state index contributed by atoms with van der Waals surface area (Å²) in [5, 5.41) is 22.5. The maximum absolute atomic E-state index is 13.2. The fraction of sp³-hybridized carbons (Fsp3) is 0.0417. The summed E-state index contributed by atoms with van der Waals surface area (Å²) in [6, 6.07) is 20.4. The van der Waals surface area contributed by atoms with Crippen LogP contribution in [0.4, 0.5) is 10.8 Å². The summed E-state index contributed by atoms with van der Waals surface area (Å²) in [7, 11) is 0. The van der Waals surface area contributed by atoms with Crippen molar-refractivity contribution in [2.24, 2.45) is 0 Å². The molecule has 9 heteroatoms. The Labute approximate surface area is 191 Å². The van der Waals surface area contributed by atoms with Crippen molar-refractivity contribution in [1.82, 2.24) is 4.98 Å². The number of aliphatic hydroxyl groups is 1. The van der Waals surface area contributed by atoms with E-state index < -0.39 is 22.7 Å². The number of ketones is 1. The molecule has 0 bridgehead atoms. The Balaban J connectivity index is 1.73. The van der Waals surface area contributed by atoms with Gasteiger partial charge in [0.15, 0.2) is 5.13 Å². The predicted molar refractivity (Wildman–Crippen MR) is 124 cm³/mol. The van der Waals surface area contributed by atoms with Crippen molar-refractivity contribution >= 4 is 49.8 Å². The van der Waals surface area contributed by atoms with E-state index in [4.69, 9.17) is 0 Å². The minimum atomic E-state index is -0.994. The molecule has 0 radical (unpaired) electrons. The highest BCUT2D eigenvalue weighted by atomic mass is 32.1. The van der Waals surface area contributed by atoms with Gasteiger partial charge in [0.05, 0.1) is 26.8 Å². The Bertz CT molecular complexity index is 1410. The second kappa shape index (κ2) is 7.95. The summed E-state index contributed by atoms with van der Waals surface area (Å²) < 4.78 is 0.833. The summed E-state index contributed by atoms with van der Waals surface area (Å²) >= 11 is 1.25. The SMILES string of the molecule is O=C1C(=O)N(c2nc3ccccc3s2)[C@H](c2ccc([N+](=O)[O-])cc2)C1=C(O)c1ccccc1. The number of thiazole rings is 1. The number of fused-ring (bicyclic) bond motifs is 1. The molecule has 3 aromatic carbocycles. The van der Waals surface area contributed by atoms with Crippen LogP contribution in [-0.2, 0) is 9.59 Å². The number of anilines is 1. The molecule has 0 aliphatic carbocycles. The molecule has 162 valence electrons. The van der Waals surface area contributed by atoms with Crippen LogP contribution >= 0.6 is 11.3 Å². The molecule has 1 aliphatic rings. The molecule has 8 nitrogen and oxygen atoms in total. The average molecular weight is 457 g/mol. The minimum Gasteiger partial charge on any atom is -0.507 e. The van der Waals surface area contributed by atoms with Gasteiger partial charge in [-0.15, -0.1) is 0 Å². The lowest BCUT2D eigenvalue weighted by atomic mass is 9.95. The smallest absolute Gasteiger partial charge is 0.301 e. The zero-order valence-corrected chi connectivity index (χ0v) is 17.7. The van der Waals surface area contributed by atoms with Gasteiger partial charge in [-0.05, 0) is 29.8 Å². The quantitative estimate of drug-likeness (QED) is 0.154. The van der Waals surface area contributed by atoms with Crippen molar-refractivity contribution in [3.8, 4) is 0 Å². The number of non-ortho nitro benzene ring substituents is 1. The molecule has 1 amide bonds. The van der Waals surface area contributed by atoms with E-state index in [1.165, 1.54) is 40.5 Å². The summed E-state index contributed by atoms with van der Waals surface area (Å²) in [6.45, 7) is 0. The number of amides is 1. The Hall–Kier alpha value is -4.37. The second-order valence-corrected chi connectivity index (χ2v) is 8.36. The van der Waals surface area contributed by atoms with E-state index in [-0.39, 0.29) is 17.0 Å². The zero-order chi connectivity index (χ0) is 23.1. The predicted octanol–water partition coefficient (Wildman–Crippen LogP) is 4.83. The number of Topliss-reactive ketones (excluding diaryl/α,β-unsaturated/α-hetero) is 1. The third-order valence-corrected chi connectivity index (χ3v) is 6.44. The average Bonchev–Trinajstić information content (AvgIpc) is 3.38. The van der Waals surface area contributed by atoms with Crippen LogP contribution in [0.15, 0.2) is 84.4 Å². The van der Waals surface area contributed by atoms with E-state index in [0.29, 0.717) is 21.8 Å². The van der Waals surface area contributed by atoms with Crippen LogP contribution < -0.4 is 4.90 Å². The Morgan fingerprint density at radius 2 is 1.64 bits per heavy atom. The number of hydrogen-bond acceptors (Lipinski definition) is 7. The number of nitro groups is 1. The molecule has 1 saturated heterocycles. The molecule has 33 heavy (non-hydrogen) atoms. The first-order valence-corrected chi connectivity index (χ1v) is 10.7. The molecule has 2 heterocycles. The van der Waals surface area contributed by atoms with Crippen molar-refractivity contribution in [1.29, 1.82) is 0 Å². The van der Waals surface area contributed by atoms with Crippen LogP contribution in [0.25, 0.3) is 16.0 Å². The van der Waals surface area contributed by atoms with Gasteiger partial charge in [-0.1, -0.05) is 53.8 Å². The van der Waals surface area contributed by atoms with Crippen LogP contribution in [0.3, 0.4) is 0 Å². The standard InChI is InChI=1S/C24H15N3O5S/c28-21(15-6-2-1-3-7-15)19-20(14-10-12-16(13-11-14)27(31)32)26(23(30)22(19)29)24-25-17-8-4-5-9-18(17)33-24/h1-13,20,28H/t20-/m1/s1. The van der Waals surface area contributed by atoms with Crippen LogP contribution in [0.1, 0.15) is 17.2 Å². The molecule has 1 aliphatic heterocycles. The molecule has 0 unspecified atom stereocenters. The molecule has 1 atom stereocenters. The van der Waals surface area contributed by atoms with E-state index >= 15 is 0 Å². The third kappa shape index (κ3) is 3.44. The second-order valence-electron chi connectivity index (χ2n) is 7.35. The summed E-state index contributed by atoms with van der Waals surface area (Å²) in [5.74, 6) is -1.99. The van der Waals surface area contributed by atoms with Crippen molar-refractivity contribution < 1.29 is 19.6 Å². The van der Waals surface area contributed by atoms with E-state index in [1.54, 1.807) is 36.4 Å². The third-order valence-electron chi connectivity index (χ3n) is 5.40. The van der Waals surface area contributed by atoms with Crippen LogP contribution in [0.2, 0.25) is 0 Å². The van der Waals surface area contributed by atoms with Gasteiger partial charge in [0.2, 0.25) is 0 Å². The lowest BCUT2D eigenvalue weighted by Gasteiger charge is -2.22. The number of benzene rings is 3. The normalized spacial score (nSPS) is 17.6. The largest absolute Gasteiger partial charge is 0.507 e. The number of rotatable bonds is 4. The van der Waals surface area contributed by atoms with Gasteiger partial charge in [0.1, 0.15) is 5.76 Å². The number of carbonyl (C=O) groups is 2. The molecule has 0 saturated carbocycles. The van der Waals surface area contributed by atoms with Crippen molar-refractivity contribution in [2.75, 3.05) is 4.90 Å². The molecule has 4 aromatic rings. The highest BCUT2D eigenvalue weighted by Crippen LogP contribution is 2.44. The van der Waals surface area contributed by atoms with Crippen molar-refractivity contribution in [2.45, 2.75) is 6.04 Å². The highest BCUT2D eigenvalue weighted by molar-refractivity contribution is 7.22. The number of aromatic nitrogens is 1. The Kier molecular flexibility index (Phi) is 4.95.